The van der Waals surface area contributed by atoms with Gasteiger partial charge in [0, 0.05) is 25.2 Å². The molecule has 0 spiro atoms. The highest BCUT2D eigenvalue weighted by molar-refractivity contribution is 7.15. The minimum atomic E-state index is 0.0862. The van der Waals surface area contributed by atoms with E-state index in [0.29, 0.717) is 0 Å². The molecule has 0 aliphatic rings. The van der Waals surface area contributed by atoms with E-state index in [1.165, 1.54) is 0 Å². The van der Waals surface area contributed by atoms with Gasteiger partial charge in [-0.05, 0) is 13.3 Å². The molecule has 5 heteroatoms. The monoisotopic (exact) mass is 243 g/mol. The van der Waals surface area contributed by atoms with Crippen LogP contribution in [0.5, 0.6) is 0 Å². The molecule has 0 amide bonds. The summed E-state index contributed by atoms with van der Waals surface area (Å²) in [5, 5.41) is 13.5. The zero-order valence-corrected chi connectivity index (χ0v) is 11.4. The van der Waals surface area contributed by atoms with Crippen molar-refractivity contribution in [1.29, 1.82) is 0 Å². The molecule has 16 heavy (non-hydrogen) atoms. The Hall–Kier alpha value is -0.680. The van der Waals surface area contributed by atoms with Gasteiger partial charge in [-0.15, -0.1) is 10.2 Å². The highest BCUT2D eigenvalue weighted by Gasteiger charge is 2.18. The lowest BCUT2D eigenvalue weighted by Gasteiger charge is -2.12. The van der Waals surface area contributed by atoms with Crippen LogP contribution < -0.4 is 5.32 Å². The van der Waals surface area contributed by atoms with E-state index in [0.717, 1.165) is 36.3 Å². The molecule has 0 fully saturated rings. The lowest BCUT2D eigenvalue weighted by molar-refractivity contribution is 0.147. The first-order chi connectivity index (χ1) is 7.54. The minimum Gasteiger partial charge on any atom is -0.382 e. The topological polar surface area (TPSA) is 47.0 Å². The van der Waals surface area contributed by atoms with E-state index >= 15 is 0 Å². The fraction of sp³-hybridized carbons (Fsp3) is 0.818. The first-order valence-electron chi connectivity index (χ1n) is 5.69. The van der Waals surface area contributed by atoms with Crippen molar-refractivity contribution in [1.82, 2.24) is 10.2 Å². The van der Waals surface area contributed by atoms with Crippen molar-refractivity contribution in [3.63, 3.8) is 0 Å². The van der Waals surface area contributed by atoms with E-state index in [9.17, 15) is 0 Å². The minimum absolute atomic E-state index is 0.0862. The number of rotatable bonds is 6. The van der Waals surface area contributed by atoms with Crippen LogP contribution in [0.4, 0.5) is 5.13 Å². The second-order valence-electron chi connectivity index (χ2n) is 4.64. The molecule has 0 aliphatic carbocycles. The third kappa shape index (κ3) is 4.45. The van der Waals surface area contributed by atoms with Gasteiger partial charge in [0.2, 0.25) is 5.13 Å². The van der Waals surface area contributed by atoms with Crippen LogP contribution in [0.2, 0.25) is 0 Å². The summed E-state index contributed by atoms with van der Waals surface area (Å²) in [7, 11) is 0. The van der Waals surface area contributed by atoms with Gasteiger partial charge in [0.25, 0.3) is 0 Å². The van der Waals surface area contributed by atoms with Crippen LogP contribution in [0, 0.1) is 0 Å². The summed E-state index contributed by atoms with van der Waals surface area (Å²) in [5.41, 5.74) is 0.0862. The molecule has 1 aromatic rings. The highest BCUT2D eigenvalue weighted by Crippen LogP contribution is 2.27. The summed E-state index contributed by atoms with van der Waals surface area (Å²) < 4.78 is 5.26. The summed E-state index contributed by atoms with van der Waals surface area (Å²) in [6.45, 7) is 10.9. The lowest BCUT2D eigenvalue weighted by Crippen LogP contribution is -2.10. The predicted octanol–water partition coefficient (Wildman–Crippen LogP) is 2.67. The third-order valence-electron chi connectivity index (χ3n) is 2.01. The van der Waals surface area contributed by atoms with Gasteiger partial charge in [0.05, 0.1) is 0 Å². The van der Waals surface area contributed by atoms with Gasteiger partial charge in [0.15, 0.2) is 0 Å². The normalized spacial score (nSPS) is 11.8. The Morgan fingerprint density at radius 3 is 2.62 bits per heavy atom. The molecule has 92 valence electrons. The molecule has 0 radical (unpaired) electrons. The van der Waals surface area contributed by atoms with Crippen LogP contribution in [0.1, 0.15) is 39.1 Å². The van der Waals surface area contributed by atoms with E-state index in [-0.39, 0.29) is 5.41 Å². The fourth-order valence-corrected chi connectivity index (χ4v) is 1.94. The second-order valence-corrected chi connectivity index (χ2v) is 5.62. The molecule has 0 aromatic carbocycles. The number of nitrogens with one attached hydrogen (secondary N) is 1. The summed E-state index contributed by atoms with van der Waals surface area (Å²) in [6, 6.07) is 0. The Balaban J connectivity index is 2.30. The number of hydrogen-bond donors (Lipinski definition) is 1. The van der Waals surface area contributed by atoms with Gasteiger partial charge < -0.3 is 10.1 Å². The van der Waals surface area contributed by atoms with Crippen molar-refractivity contribution < 1.29 is 4.74 Å². The Bertz CT molecular complexity index is 306. The Kier molecular flexibility index (Phi) is 5.15. The summed E-state index contributed by atoms with van der Waals surface area (Å²) in [5.74, 6) is 0. The van der Waals surface area contributed by atoms with E-state index < -0.39 is 0 Å². The first-order valence-corrected chi connectivity index (χ1v) is 6.51. The SMILES string of the molecule is CCOCCCNc1nnc(C(C)(C)C)s1. The number of nitrogens with zero attached hydrogens (tertiary/aromatic N) is 2. The van der Waals surface area contributed by atoms with Crippen molar-refractivity contribution in [3.05, 3.63) is 5.01 Å². The average Bonchev–Trinajstić information content (AvgIpc) is 2.65. The van der Waals surface area contributed by atoms with Crippen LogP contribution in [0.15, 0.2) is 0 Å². The summed E-state index contributed by atoms with van der Waals surface area (Å²) in [6.07, 6.45) is 0.998. The smallest absolute Gasteiger partial charge is 0.205 e. The standard InChI is InChI=1S/C11H21N3OS/c1-5-15-8-6-7-12-10-14-13-9(16-10)11(2,3)4/h5-8H2,1-4H3,(H,12,14). The predicted molar refractivity (Wildman–Crippen MR) is 68.2 cm³/mol. The Morgan fingerprint density at radius 2 is 2.06 bits per heavy atom. The quantitative estimate of drug-likeness (QED) is 0.780. The van der Waals surface area contributed by atoms with Crippen molar-refractivity contribution >= 4 is 16.5 Å². The number of anilines is 1. The molecule has 0 aliphatic heterocycles. The number of hydrogen-bond acceptors (Lipinski definition) is 5. The molecule has 1 heterocycles. The molecule has 0 unspecified atom stereocenters. The van der Waals surface area contributed by atoms with Crippen molar-refractivity contribution in [2.24, 2.45) is 0 Å². The van der Waals surface area contributed by atoms with Crippen LogP contribution >= 0.6 is 11.3 Å². The van der Waals surface area contributed by atoms with E-state index in [2.05, 4.69) is 36.3 Å². The van der Waals surface area contributed by atoms with Crippen LogP contribution in [-0.2, 0) is 10.2 Å². The molecule has 0 atom stereocenters. The first kappa shape index (κ1) is 13.4. The molecule has 1 N–H and O–H groups in total. The van der Waals surface area contributed by atoms with E-state index in [4.69, 9.17) is 4.74 Å². The van der Waals surface area contributed by atoms with Gasteiger partial charge in [-0.3, -0.25) is 0 Å². The van der Waals surface area contributed by atoms with Gasteiger partial charge in [0.1, 0.15) is 5.01 Å². The Labute approximate surface area is 101 Å². The maximum absolute atomic E-state index is 5.26. The van der Waals surface area contributed by atoms with Crippen molar-refractivity contribution in [2.45, 2.75) is 39.5 Å². The fourth-order valence-electron chi connectivity index (χ4n) is 1.11. The zero-order chi connectivity index (χ0) is 12.0. The molecule has 1 rings (SSSR count). The lowest BCUT2D eigenvalue weighted by atomic mass is 9.98. The summed E-state index contributed by atoms with van der Waals surface area (Å²) in [4.78, 5) is 0. The van der Waals surface area contributed by atoms with E-state index in [1.54, 1.807) is 11.3 Å². The molecule has 1 aromatic heterocycles. The number of ether oxygens (including phenoxy) is 1. The van der Waals surface area contributed by atoms with Gasteiger partial charge in [-0.2, -0.15) is 0 Å². The average molecular weight is 243 g/mol. The third-order valence-corrected chi connectivity index (χ3v) is 3.32. The van der Waals surface area contributed by atoms with Crippen LogP contribution in [0.3, 0.4) is 0 Å². The molecule has 0 bridgehead atoms. The maximum atomic E-state index is 5.26. The largest absolute Gasteiger partial charge is 0.382 e. The Morgan fingerprint density at radius 1 is 1.31 bits per heavy atom. The van der Waals surface area contributed by atoms with Crippen molar-refractivity contribution in [3.8, 4) is 0 Å². The van der Waals surface area contributed by atoms with E-state index in [1.807, 2.05) is 6.92 Å². The van der Waals surface area contributed by atoms with Crippen LogP contribution in [-0.4, -0.2) is 30.0 Å². The zero-order valence-electron chi connectivity index (χ0n) is 10.5. The molecule has 0 saturated carbocycles. The van der Waals surface area contributed by atoms with Gasteiger partial charge in [-0.1, -0.05) is 32.1 Å². The maximum Gasteiger partial charge on any atom is 0.205 e. The van der Waals surface area contributed by atoms with Crippen LogP contribution in [0.25, 0.3) is 0 Å². The van der Waals surface area contributed by atoms with Gasteiger partial charge in [-0.25, -0.2) is 0 Å². The van der Waals surface area contributed by atoms with Gasteiger partial charge >= 0.3 is 0 Å². The number of aromatic nitrogens is 2. The van der Waals surface area contributed by atoms with Crippen molar-refractivity contribution in [2.75, 3.05) is 25.1 Å². The molecule has 0 saturated heterocycles. The highest BCUT2D eigenvalue weighted by atomic mass is 32.1. The molecular weight excluding hydrogens is 222 g/mol. The molecule has 4 nitrogen and oxygen atoms in total. The summed E-state index contributed by atoms with van der Waals surface area (Å²) >= 11 is 1.63. The molecular formula is C11H21N3OS. The second kappa shape index (κ2) is 6.15.